The minimum atomic E-state index is -0.115. The van der Waals surface area contributed by atoms with E-state index in [9.17, 15) is 0 Å². The van der Waals surface area contributed by atoms with E-state index in [0.717, 1.165) is 51.5 Å². The predicted molar refractivity (Wildman–Crippen MR) is 231 cm³/mol. The second-order valence-corrected chi connectivity index (χ2v) is 15.1. The SMILES string of the molecule is CCc1c(-c2ccccc2)nn2c(-c3ccccc3)cc3ccc(N(c4ccc(-c5ccccc5)cc4)c4ccc5c(c4)C(C)(C)c4ccccc4-5)cc3c12. The van der Waals surface area contributed by atoms with Crippen LogP contribution in [0, 0.1) is 0 Å². The number of aryl methyl sites for hydroxylation is 1. The molecular formula is C52H41N3. The van der Waals surface area contributed by atoms with E-state index in [4.69, 9.17) is 5.10 Å². The van der Waals surface area contributed by atoms with E-state index in [-0.39, 0.29) is 5.41 Å². The van der Waals surface area contributed by atoms with Crippen molar-refractivity contribution in [3.05, 3.63) is 199 Å². The van der Waals surface area contributed by atoms with E-state index in [1.807, 2.05) is 0 Å². The molecule has 0 fully saturated rings. The molecule has 0 saturated heterocycles. The Bertz CT molecular complexity index is 2850. The summed E-state index contributed by atoms with van der Waals surface area (Å²) in [5.41, 5.74) is 17.8. The van der Waals surface area contributed by atoms with Gasteiger partial charge < -0.3 is 4.90 Å². The van der Waals surface area contributed by atoms with Crippen molar-refractivity contribution in [3.63, 3.8) is 0 Å². The average Bonchev–Trinajstić information content (AvgIpc) is 3.75. The quantitative estimate of drug-likeness (QED) is 0.164. The molecule has 2 heterocycles. The monoisotopic (exact) mass is 707 g/mol. The minimum Gasteiger partial charge on any atom is -0.310 e. The maximum atomic E-state index is 5.39. The van der Waals surface area contributed by atoms with Crippen LogP contribution in [0.4, 0.5) is 17.1 Å². The van der Waals surface area contributed by atoms with Crippen LogP contribution < -0.4 is 4.90 Å². The zero-order chi connectivity index (χ0) is 37.1. The Morgan fingerprint density at radius 1 is 0.509 bits per heavy atom. The van der Waals surface area contributed by atoms with Crippen LogP contribution in [-0.4, -0.2) is 9.61 Å². The molecular weight excluding hydrogens is 667 g/mol. The van der Waals surface area contributed by atoms with E-state index >= 15 is 0 Å². The maximum Gasteiger partial charge on any atom is 0.0966 e. The fourth-order valence-corrected chi connectivity index (χ4v) is 8.81. The van der Waals surface area contributed by atoms with Crippen LogP contribution in [0.2, 0.25) is 0 Å². The lowest BCUT2D eigenvalue weighted by Gasteiger charge is -2.28. The summed E-state index contributed by atoms with van der Waals surface area (Å²) in [7, 11) is 0. The van der Waals surface area contributed by atoms with Gasteiger partial charge in [0.2, 0.25) is 0 Å². The van der Waals surface area contributed by atoms with Crippen molar-refractivity contribution >= 4 is 33.4 Å². The summed E-state index contributed by atoms with van der Waals surface area (Å²) in [6.45, 7) is 6.96. The molecule has 10 rings (SSSR count). The third-order valence-corrected chi connectivity index (χ3v) is 11.6. The van der Waals surface area contributed by atoms with E-state index in [0.29, 0.717) is 0 Å². The van der Waals surface area contributed by atoms with Gasteiger partial charge in [0.15, 0.2) is 0 Å². The van der Waals surface area contributed by atoms with Gasteiger partial charge in [-0.1, -0.05) is 160 Å². The third kappa shape index (κ3) is 5.38. The van der Waals surface area contributed by atoms with Gasteiger partial charge in [-0.3, -0.25) is 0 Å². The lowest BCUT2D eigenvalue weighted by molar-refractivity contribution is 0.660. The number of rotatable bonds is 7. The lowest BCUT2D eigenvalue weighted by atomic mass is 9.82. The first-order valence-electron chi connectivity index (χ1n) is 19.3. The molecule has 3 heteroatoms. The number of pyridine rings is 1. The zero-order valence-electron chi connectivity index (χ0n) is 31.4. The largest absolute Gasteiger partial charge is 0.310 e. The van der Waals surface area contributed by atoms with Gasteiger partial charge in [0.1, 0.15) is 0 Å². The van der Waals surface area contributed by atoms with Crippen LogP contribution in [0.15, 0.2) is 182 Å². The van der Waals surface area contributed by atoms with Crippen molar-refractivity contribution in [2.45, 2.75) is 32.6 Å². The van der Waals surface area contributed by atoms with Crippen LogP contribution in [0.1, 0.15) is 37.5 Å². The number of hydrogen-bond acceptors (Lipinski definition) is 2. The molecule has 0 unspecified atom stereocenters. The average molecular weight is 708 g/mol. The number of hydrogen-bond donors (Lipinski definition) is 0. The fraction of sp³-hybridized carbons (Fsp3) is 0.0962. The molecule has 0 atom stereocenters. The summed E-state index contributed by atoms with van der Waals surface area (Å²) in [6.07, 6.45) is 0.858. The Morgan fingerprint density at radius 3 is 1.78 bits per heavy atom. The smallest absolute Gasteiger partial charge is 0.0966 e. The molecule has 55 heavy (non-hydrogen) atoms. The van der Waals surface area contributed by atoms with Gasteiger partial charge in [-0.25, -0.2) is 4.52 Å². The molecule has 1 aliphatic rings. The van der Waals surface area contributed by atoms with Gasteiger partial charge in [0, 0.05) is 44.6 Å². The van der Waals surface area contributed by atoms with Gasteiger partial charge in [-0.05, 0) is 87.7 Å². The van der Waals surface area contributed by atoms with Crippen molar-refractivity contribution in [1.29, 1.82) is 0 Å². The second kappa shape index (κ2) is 13.0. The number of nitrogens with zero attached hydrogens (tertiary/aromatic N) is 3. The molecule has 0 bridgehead atoms. The highest BCUT2D eigenvalue weighted by Crippen LogP contribution is 2.51. The molecule has 3 nitrogen and oxygen atoms in total. The van der Waals surface area contributed by atoms with E-state index in [1.54, 1.807) is 0 Å². The summed E-state index contributed by atoms with van der Waals surface area (Å²) in [5.74, 6) is 0. The van der Waals surface area contributed by atoms with Gasteiger partial charge >= 0.3 is 0 Å². The Hall–Kier alpha value is -6.71. The van der Waals surface area contributed by atoms with E-state index in [2.05, 4.69) is 212 Å². The van der Waals surface area contributed by atoms with Gasteiger partial charge in [-0.2, -0.15) is 5.10 Å². The Labute approximate surface area is 322 Å². The number of benzene rings is 7. The highest BCUT2D eigenvalue weighted by molar-refractivity contribution is 6.04. The highest BCUT2D eigenvalue weighted by Gasteiger charge is 2.35. The van der Waals surface area contributed by atoms with Gasteiger partial charge in [0.25, 0.3) is 0 Å². The molecule has 0 spiro atoms. The van der Waals surface area contributed by atoms with Crippen molar-refractivity contribution in [2.75, 3.05) is 4.90 Å². The van der Waals surface area contributed by atoms with Gasteiger partial charge in [-0.15, -0.1) is 0 Å². The molecule has 0 saturated carbocycles. The molecule has 9 aromatic rings. The molecule has 0 radical (unpaired) electrons. The lowest BCUT2D eigenvalue weighted by Crippen LogP contribution is -2.16. The molecule has 2 aromatic heterocycles. The normalized spacial score (nSPS) is 12.9. The van der Waals surface area contributed by atoms with Crippen molar-refractivity contribution < 1.29 is 0 Å². The van der Waals surface area contributed by atoms with Crippen LogP contribution in [0.25, 0.3) is 61.1 Å². The molecule has 264 valence electrons. The number of fused-ring (bicyclic) bond motifs is 6. The standard InChI is InChI=1S/C52H41N3/c1-4-43-50(38-20-12-7-13-21-38)53-55-49(37-18-10-6-11-19-37)32-39-26-29-41(33-46(39)51(43)55)54(40-27-24-36(25-28-40)35-16-8-5-9-17-35)42-30-31-45-44-22-14-15-23-47(44)52(2,3)48(45)34-42/h5-34H,4H2,1-3H3. The first-order valence-corrected chi connectivity index (χ1v) is 19.3. The van der Waals surface area contributed by atoms with E-state index in [1.165, 1.54) is 49.7 Å². The van der Waals surface area contributed by atoms with E-state index < -0.39 is 0 Å². The maximum absolute atomic E-state index is 5.39. The van der Waals surface area contributed by atoms with Crippen LogP contribution >= 0.6 is 0 Å². The predicted octanol–water partition coefficient (Wildman–Crippen LogP) is 13.8. The Balaban J connectivity index is 1.21. The van der Waals surface area contributed by atoms with Crippen molar-refractivity contribution in [3.8, 4) is 44.8 Å². The van der Waals surface area contributed by atoms with Crippen molar-refractivity contribution in [1.82, 2.24) is 9.61 Å². The third-order valence-electron chi connectivity index (χ3n) is 11.6. The molecule has 7 aromatic carbocycles. The molecule has 0 aliphatic heterocycles. The summed E-state index contributed by atoms with van der Waals surface area (Å²) in [6, 6.07) is 66.1. The molecule has 0 amide bonds. The van der Waals surface area contributed by atoms with Crippen molar-refractivity contribution in [2.24, 2.45) is 0 Å². The summed E-state index contributed by atoms with van der Waals surface area (Å²) >= 11 is 0. The minimum absolute atomic E-state index is 0.115. The second-order valence-electron chi connectivity index (χ2n) is 15.1. The Kier molecular flexibility index (Phi) is 7.78. The molecule has 1 aliphatic carbocycles. The first-order chi connectivity index (χ1) is 27.0. The Morgan fingerprint density at radius 2 is 1.07 bits per heavy atom. The summed E-state index contributed by atoms with van der Waals surface area (Å²) < 4.78 is 2.19. The van der Waals surface area contributed by atoms with Crippen LogP contribution in [-0.2, 0) is 11.8 Å². The van der Waals surface area contributed by atoms with Gasteiger partial charge in [0.05, 0.1) is 16.9 Å². The molecule has 0 N–H and O–H groups in total. The van der Waals surface area contributed by atoms with Crippen LogP contribution in [0.3, 0.4) is 0 Å². The van der Waals surface area contributed by atoms with Crippen LogP contribution in [0.5, 0.6) is 0 Å². The number of aromatic nitrogens is 2. The summed E-state index contributed by atoms with van der Waals surface area (Å²) in [4.78, 5) is 2.43. The topological polar surface area (TPSA) is 20.5 Å². The first kappa shape index (κ1) is 32.9. The fourth-order valence-electron chi connectivity index (χ4n) is 8.81. The summed E-state index contributed by atoms with van der Waals surface area (Å²) in [5, 5.41) is 7.76. The highest BCUT2D eigenvalue weighted by atomic mass is 15.2. The number of anilines is 3. The zero-order valence-corrected chi connectivity index (χ0v) is 31.4.